The number of carbonyl (C=O) groups is 2. The van der Waals surface area contributed by atoms with Crippen molar-refractivity contribution < 1.29 is 9.59 Å². The van der Waals surface area contributed by atoms with E-state index in [2.05, 4.69) is 22.8 Å². The van der Waals surface area contributed by atoms with Gasteiger partial charge in [-0.1, -0.05) is 84.6 Å². The number of hydrogen-bond donors (Lipinski definition) is 2. The van der Waals surface area contributed by atoms with Crippen LogP contribution in [0.1, 0.15) is 31.8 Å². The van der Waals surface area contributed by atoms with Gasteiger partial charge in [-0.15, -0.1) is 11.3 Å². The molecule has 0 atom stereocenters. The highest BCUT2D eigenvalue weighted by Gasteiger charge is 2.17. The third-order valence-corrected chi connectivity index (χ3v) is 7.78. The molecule has 0 spiro atoms. The lowest BCUT2D eigenvalue weighted by Crippen LogP contribution is -2.26. The van der Waals surface area contributed by atoms with Crippen molar-refractivity contribution >= 4 is 50.8 Å². The average Bonchev–Trinajstić information content (AvgIpc) is 3.34. The van der Waals surface area contributed by atoms with Gasteiger partial charge in [-0.25, -0.2) is 4.98 Å². The topological polar surface area (TPSA) is 71.1 Å². The fourth-order valence-electron chi connectivity index (χ4n) is 3.71. The lowest BCUT2D eigenvalue weighted by Gasteiger charge is -2.11. The number of aromatic nitrogens is 1. The molecule has 0 aliphatic carbocycles. The number of hydrogen-bond acceptors (Lipinski definition) is 5. The molecule has 0 bridgehead atoms. The Bertz CT molecular complexity index is 1500. The molecule has 5 rings (SSSR count). The quantitative estimate of drug-likeness (QED) is 0.226. The van der Waals surface area contributed by atoms with E-state index in [0.29, 0.717) is 23.4 Å². The van der Waals surface area contributed by atoms with Crippen molar-refractivity contribution in [3.05, 3.63) is 125 Å². The van der Waals surface area contributed by atoms with E-state index < -0.39 is 0 Å². The molecular formula is C29H23N3O2S2. The smallest absolute Gasteiger partial charge is 0.256 e. The third-order valence-electron chi connectivity index (χ3n) is 5.54. The molecule has 0 fully saturated rings. The first-order valence-corrected chi connectivity index (χ1v) is 13.3. The molecule has 5 nitrogen and oxygen atoms in total. The number of fused-ring (bicyclic) bond motifs is 1. The van der Waals surface area contributed by atoms with Gasteiger partial charge in [0.05, 0.1) is 21.3 Å². The summed E-state index contributed by atoms with van der Waals surface area (Å²) in [4.78, 5) is 30.6. The van der Waals surface area contributed by atoms with Gasteiger partial charge in [0.2, 0.25) is 0 Å². The standard InChI is InChI=1S/C29H23N3O2S2/c33-27(30-18-20-9-3-1-4-10-20)23-13-7-8-14-24(23)28(34)31-22-15-16-25-26(17-22)36-29(32-25)35-19-21-11-5-2-6-12-21/h1-17H,18-19H2,(H,30,33)(H,31,34). The van der Waals surface area contributed by atoms with Gasteiger partial charge in [0.1, 0.15) is 0 Å². The van der Waals surface area contributed by atoms with Crippen LogP contribution >= 0.6 is 23.1 Å². The van der Waals surface area contributed by atoms with Crippen molar-refractivity contribution in [1.82, 2.24) is 10.3 Å². The second kappa shape index (κ2) is 11.2. The van der Waals surface area contributed by atoms with Crippen LogP contribution in [0.5, 0.6) is 0 Å². The SMILES string of the molecule is O=C(NCc1ccccc1)c1ccccc1C(=O)Nc1ccc2nc(SCc3ccccc3)sc2c1. The first kappa shape index (κ1) is 23.8. The molecule has 0 saturated heterocycles. The minimum Gasteiger partial charge on any atom is -0.348 e. The molecule has 36 heavy (non-hydrogen) atoms. The summed E-state index contributed by atoms with van der Waals surface area (Å²) in [7, 11) is 0. The first-order chi connectivity index (χ1) is 17.7. The fraction of sp³-hybridized carbons (Fsp3) is 0.0690. The Labute approximate surface area is 217 Å². The summed E-state index contributed by atoms with van der Waals surface area (Å²) in [6.45, 7) is 0.391. The number of amides is 2. The van der Waals surface area contributed by atoms with Crippen molar-refractivity contribution in [1.29, 1.82) is 0 Å². The number of thioether (sulfide) groups is 1. The normalized spacial score (nSPS) is 10.8. The molecule has 0 aliphatic heterocycles. The van der Waals surface area contributed by atoms with Gasteiger partial charge in [-0.2, -0.15) is 0 Å². The summed E-state index contributed by atoms with van der Waals surface area (Å²) in [5.74, 6) is 0.235. The van der Waals surface area contributed by atoms with Crippen LogP contribution in [0, 0.1) is 0 Å². The lowest BCUT2D eigenvalue weighted by molar-refractivity contribution is 0.0938. The highest BCUT2D eigenvalue weighted by atomic mass is 32.2. The predicted molar refractivity (Wildman–Crippen MR) is 148 cm³/mol. The summed E-state index contributed by atoms with van der Waals surface area (Å²) in [5, 5.41) is 5.84. The van der Waals surface area contributed by atoms with Crippen LogP contribution in [-0.4, -0.2) is 16.8 Å². The van der Waals surface area contributed by atoms with Crippen molar-refractivity contribution in [2.24, 2.45) is 0 Å². The molecular weight excluding hydrogens is 486 g/mol. The van der Waals surface area contributed by atoms with E-state index in [9.17, 15) is 9.59 Å². The van der Waals surface area contributed by atoms with Gasteiger partial charge in [-0.3, -0.25) is 9.59 Å². The molecule has 0 unspecified atom stereocenters. The maximum atomic E-state index is 13.1. The molecule has 1 aromatic heterocycles. The monoisotopic (exact) mass is 509 g/mol. The summed E-state index contributed by atoms with van der Waals surface area (Å²) >= 11 is 3.30. The van der Waals surface area contributed by atoms with Crippen LogP contribution in [-0.2, 0) is 12.3 Å². The van der Waals surface area contributed by atoms with Crippen LogP contribution in [0.2, 0.25) is 0 Å². The maximum Gasteiger partial charge on any atom is 0.256 e. The largest absolute Gasteiger partial charge is 0.348 e. The molecule has 178 valence electrons. The second-order valence-electron chi connectivity index (χ2n) is 8.10. The molecule has 7 heteroatoms. The van der Waals surface area contributed by atoms with Gasteiger partial charge in [0, 0.05) is 18.0 Å². The van der Waals surface area contributed by atoms with E-state index in [1.807, 2.05) is 66.7 Å². The number of benzene rings is 4. The van der Waals surface area contributed by atoms with Crippen molar-refractivity contribution in [3.8, 4) is 0 Å². The van der Waals surface area contributed by atoms with E-state index in [4.69, 9.17) is 4.98 Å². The Morgan fingerprint density at radius 2 is 1.39 bits per heavy atom. The molecule has 1 heterocycles. The van der Waals surface area contributed by atoms with E-state index in [1.54, 1.807) is 47.4 Å². The van der Waals surface area contributed by atoms with E-state index in [-0.39, 0.29) is 11.8 Å². The average molecular weight is 510 g/mol. The van der Waals surface area contributed by atoms with Crippen LogP contribution in [0.3, 0.4) is 0 Å². The van der Waals surface area contributed by atoms with Gasteiger partial charge < -0.3 is 10.6 Å². The Kier molecular flexibility index (Phi) is 7.40. The Balaban J connectivity index is 1.27. The Morgan fingerprint density at radius 1 is 0.750 bits per heavy atom. The summed E-state index contributed by atoms with van der Waals surface area (Å²) < 4.78 is 1.98. The van der Waals surface area contributed by atoms with Crippen molar-refractivity contribution in [2.45, 2.75) is 16.6 Å². The first-order valence-electron chi connectivity index (χ1n) is 11.5. The molecule has 4 aromatic carbocycles. The number of thiazole rings is 1. The van der Waals surface area contributed by atoms with Gasteiger partial charge in [0.15, 0.2) is 4.34 Å². The summed E-state index contributed by atoms with van der Waals surface area (Å²) in [5.41, 5.74) is 4.47. The number of carbonyl (C=O) groups excluding carboxylic acids is 2. The van der Waals surface area contributed by atoms with Crippen molar-refractivity contribution in [3.63, 3.8) is 0 Å². The van der Waals surface area contributed by atoms with Gasteiger partial charge >= 0.3 is 0 Å². The number of nitrogens with one attached hydrogen (secondary N) is 2. The second-order valence-corrected chi connectivity index (χ2v) is 10.4. The summed E-state index contributed by atoms with van der Waals surface area (Å²) in [6.07, 6.45) is 0. The molecule has 5 aromatic rings. The molecule has 2 N–H and O–H groups in total. The molecule has 0 radical (unpaired) electrons. The number of anilines is 1. The third kappa shape index (κ3) is 5.82. The van der Waals surface area contributed by atoms with Gasteiger partial charge in [-0.05, 0) is 41.5 Å². The zero-order chi connectivity index (χ0) is 24.7. The molecule has 0 saturated carbocycles. The highest BCUT2D eigenvalue weighted by molar-refractivity contribution is 8.00. The van der Waals surface area contributed by atoms with E-state index in [0.717, 1.165) is 25.9 Å². The highest BCUT2D eigenvalue weighted by Crippen LogP contribution is 2.33. The maximum absolute atomic E-state index is 13.1. The lowest BCUT2D eigenvalue weighted by atomic mass is 10.1. The zero-order valence-electron chi connectivity index (χ0n) is 19.3. The van der Waals surface area contributed by atoms with E-state index in [1.165, 1.54) is 5.56 Å². The fourth-order valence-corrected chi connectivity index (χ4v) is 5.78. The summed E-state index contributed by atoms with van der Waals surface area (Å²) in [6, 6.07) is 32.5. The minimum absolute atomic E-state index is 0.289. The van der Waals surface area contributed by atoms with Crippen LogP contribution in [0.4, 0.5) is 5.69 Å². The van der Waals surface area contributed by atoms with Crippen LogP contribution < -0.4 is 10.6 Å². The van der Waals surface area contributed by atoms with Crippen LogP contribution in [0.25, 0.3) is 10.2 Å². The molecule has 2 amide bonds. The van der Waals surface area contributed by atoms with Crippen LogP contribution in [0.15, 0.2) is 107 Å². The van der Waals surface area contributed by atoms with E-state index >= 15 is 0 Å². The molecule has 0 aliphatic rings. The van der Waals surface area contributed by atoms with Gasteiger partial charge in [0.25, 0.3) is 11.8 Å². The predicted octanol–water partition coefficient (Wildman–Crippen LogP) is 6.77. The number of rotatable bonds is 8. The van der Waals surface area contributed by atoms with Crippen molar-refractivity contribution in [2.75, 3.05) is 5.32 Å². The number of nitrogens with zero attached hydrogens (tertiary/aromatic N) is 1. The Hall–Kier alpha value is -3.94. The Morgan fingerprint density at radius 3 is 2.11 bits per heavy atom. The zero-order valence-corrected chi connectivity index (χ0v) is 20.9. The minimum atomic E-state index is -0.331.